The summed E-state index contributed by atoms with van der Waals surface area (Å²) in [5.41, 5.74) is 0.742. The van der Waals surface area contributed by atoms with E-state index in [1.54, 1.807) is 0 Å². The third kappa shape index (κ3) is 2.64. The fourth-order valence-electron chi connectivity index (χ4n) is 2.26. The molecule has 0 bridgehead atoms. The number of benzene rings is 1. The largest absolute Gasteiger partial charge is 0.366 e. The van der Waals surface area contributed by atoms with Crippen LogP contribution >= 0.6 is 11.6 Å². The molecule has 1 aliphatic heterocycles. The highest BCUT2D eigenvalue weighted by molar-refractivity contribution is 7.91. The first kappa shape index (κ1) is 12.6. The highest BCUT2D eigenvalue weighted by Gasteiger charge is 2.28. The van der Waals surface area contributed by atoms with Crippen molar-refractivity contribution in [3.63, 3.8) is 0 Å². The molecule has 3 rings (SSSR count). The van der Waals surface area contributed by atoms with Crippen LogP contribution in [0.5, 0.6) is 0 Å². The molecule has 0 aliphatic carbocycles. The Morgan fingerprint density at radius 3 is 2.79 bits per heavy atom. The maximum Gasteiger partial charge on any atom is 0.224 e. The van der Waals surface area contributed by atoms with Crippen molar-refractivity contribution in [2.75, 3.05) is 16.8 Å². The topological polar surface area (TPSA) is 72.0 Å². The van der Waals surface area contributed by atoms with Crippen molar-refractivity contribution in [1.29, 1.82) is 0 Å². The Labute approximate surface area is 115 Å². The Morgan fingerprint density at radius 2 is 2.05 bits per heavy atom. The Kier molecular flexibility index (Phi) is 3.06. The first-order valence-corrected chi connectivity index (χ1v) is 8.13. The van der Waals surface area contributed by atoms with Crippen LogP contribution in [0.25, 0.3) is 10.9 Å². The molecule has 1 saturated heterocycles. The first-order chi connectivity index (χ1) is 9.03. The number of nitrogens with one attached hydrogen (secondary N) is 1. The fourth-order valence-corrected chi connectivity index (χ4v) is 4.11. The summed E-state index contributed by atoms with van der Waals surface area (Å²) in [5, 5.41) is 4.16. The molecule has 1 aromatic heterocycles. The van der Waals surface area contributed by atoms with E-state index in [9.17, 15) is 8.42 Å². The molecule has 100 valence electrons. The van der Waals surface area contributed by atoms with Crippen LogP contribution in [-0.4, -0.2) is 35.9 Å². The molecule has 7 heteroatoms. The van der Waals surface area contributed by atoms with Crippen LogP contribution in [-0.2, 0) is 9.84 Å². The zero-order valence-corrected chi connectivity index (χ0v) is 11.6. The normalized spacial score (nSPS) is 21.6. The van der Waals surface area contributed by atoms with Gasteiger partial charge in [-0.3, -0.25) is 0 Å². The van der Waals surface area contributed by atoms with Crippen molar-refractivity contribution in [3.8, 4) is 0 Å². The predicted octanol–water partition coefficient (Wildman–Crippen LogP) is 1.88. The lowest BCUT2D eigenvalue weighted by Crippen LogP contribution is -2.21. The average Bonchev–Trinajstić information content (AvgIpc) is 2.68. The maximum absolute atomic E-state index is 11.5. The van der Waals surface area contributed by atoms with Gasteiger partial charge in [0, 0.05) is 11.4 Å². The molecule has 1 N–H and O–H groups in total. The molecule has 2 heterocycles. The van der Waals surface area contributed by atoms with Crippen LogP contribution < -0.4 is 5.32 Å². The molecular weight excluding hydrogens is 286 g/mol. The molecule has 1 aliphatic rings. The summed E-state index contributed by atoms with van der Waals surface area (Å²) in [5.74, 6) is 0.961. The van der Waals surface area contributed by atoms with Gasteiger partial charge in [0.05, 0.1) is 17.0 Å². The number of nitrogens with zero attached hydrogens (tertiary/aromatic N) is 2. The molecule has 1 atom stereocenters. The van der Waals surface area contributed by atoms with Gasteiger partial charge in [-0.05, 0) is 30.2 Å². The zero-order valence-electron chi connectivity index (χ0n) is 10.0. The highest BCUT2D eigenvalue weighted by atomic mass is 35.5. The molecule has 2 aromatic rings. The third-order valence-corrected chi connectivity index (χ3v) is 5.09. The Morgan fingerprint density at radius 1 is 1.26 bits per heavy atom. The summed E-state index contributed by atoms with van der Waals surface area (Å²) in [6, 6.07) is 7.38. The number of halogens is 1. The van der Waals surface area contributed by atoms with Gasteiger partial charge in [0.2, 0.25) is 5.28 Å². The summed E-state index contributed by atoms with van der Waals surface area (Å²) in [6.45, 7) is 0. The van der Waals surface area contributed by atoms with E-state index in [1.807, 2.05) is 24.3 Å². The van der Waals surface area contributed by atoms with Crippen LogP contribution in [0.2, 0.25) is 5.28 Å². The second-order valence-electron chi connectivity index (χ2n) is 4.60. The van der Waals surface area contributed by atoms with Crippen LogP contribution in [0.4, 0.5) is 5.82 Å². The lowest BCUT2D eigenvalue weighted by Gasteiger charge is -2.13. The number of rotatable bonds is 2. The van der Waals surface area contributed by atoms with Crippen LogP contribution in [0.3, 0.4) is 0 Å². The number of sulfone groups is 1. The van der Waals surface area contributed by atoms with Crippen molar-refractivity contribution in [1.82, 2.24) is 9.97 Å². The van der Waals surface area contributed by atoms with Gasteiger partial charge in [-0.1, -0.05) is 12.1 Å². The van der Waals surface area contributed by atoms with Gasteiger partial charge < -0.3 is 5.32 Å². The standard InChI is InChI=1S/C12H12ClN3O2S/c13-12-15-10-4-2-1-3-9(10)11(16-12)14-8-5-6-19(17,18)7-8/h1-4,8H,5-7H2,(H,14,15,16). The van der Waals surface area contributed by atoms with E-state index < -0.39 is 9.84 Å². The van der Waals surface area contributed by atoms with Crippen molar-refractivity contribution in [3.05, 3.63) is 29.5 Å². The molecular formula is C12H12ClN3O2S. The summed E-state index contributed by atoms with van der Waals surface area (Å²) in [6.07, 6.45) is 0.596. The molecule has 5 nitrogen and oxygen atoms in total. The maximum atomic E-state index is 11.5. The molecule has 1 fully saturated rings. The van der Waals surface area contributed by atoms with Gasteiger partial charge in [0.15, 0.2) is 9.84 Å². The average molecular weight is 298 g/mol. The lowest BCUT2D eigenvalue weighted by atomic mass is 10.2. The van der Waals surface area contributed by atoms with E-state index in [-0.39, 0.29) is 22.8 Å². The number of anilines is 1. The molecule has 0 spiro atoms. The van der Waals surface area contributed by atoms with E-state index in [1.165, 1.54) is 0 Å². The summed E-state index contributed by atoms with van der Waals surface area (Å²) in [7, 11) is -2.92. The molecule has 0 radical (unpaired) electrons. The fraction of sp³-hybridized carbons (Fsp3) is 0.333. The van der Waals surface area contributed by atoms with Crippen molar-refractivity contribution in [2.45, 2.75) is 12.5 Å². The molecule has 19 heavy (non-hydrogen) atoms. The number of aromatic nitrogens is 2. The smallest absolute Gasteiger partial charge is 0.224 e. The van der Waals surface area contributed by atoms with E-state index in [0.29, 0.717) is 12.2 Å². The van der Waals surface area contributed by atoms with Gasteiger partial charge in [-0.2, -0.15) is 0 Å². The Balaban J connectivity index is 1.97. The third-order valence-electron chi connectivity index (χ3n) is 3.15. The quantitative estimate of drug-likeness (QED) is 0.857. The second-order valence-corrected chi connectivity index (χ2v) is 7.17. The van der Waals surface area contributed by atoms with Crippen LogP contribution in [0.15, 0.2) is 24.3 Å². The van der Waals surface area contributed by atoms with Gasteiger partial charge >= 0.3 is 0 Å². The van der Waals surface area contributed by atoms with Crippen molar-refractivity contribution < 1.29 is 8.42 Å². The van der Waals surface area contributed by atoms with Crippen molar-refractivity contribution in [2.24, 2.45) is 0 Å². The van der Waals surface area contributed by atoms with Gasteiger partial charge in [0.1, 0.15) is 5.82 Å². The van der Waals surface area contributed by atoms with Crippen LogP contribution in [0.1, 0.15) is 6.42 Å². The van der Waals surface area contributed by atoms with E-state index >= 15 is 0 Å². The van der Waals surface area contributed by atoms with Gasteiger partial charge in [-0.25, -0.2) is 18.4 Å². The minimum Gasteiger partial charge on any atom is -0.366 e. The molecule has 0 amide bonds. The Hall–Kier alpha value is -1.40. The van der Waals surface area contributed by atoms with Crippen molar-refractivity contribution >= 4 is 38.2 Å². The monoisotopic (exact) mass is 297 g/mol. The number of fused-ring (bicyclic) bond motifs is 1. The second kappa shape index (κ2) is 4.61. The summed E-state index contributed by atoms with van der Waals surface area (Å²) >= 11 is 5.88. The van der Waals surface area contributed by atoms with E-state index in [2.05, 4.69) is 15.3 Å². The SMILES string of the molecule is O=S1(=O)CCC(Nc2nc(Cl)nc3ccccc23)C1. The zero-order chi connectivity index (χ0) is 13.5. The Bertz CT molecular complexity index is 733. The summed E-state index contributed by atoms with van der Waals surface area (Å²) < 4.78 is 22.9. The number of hydrogen-bond acceptors (Lipinski definition) is 5. The molecule has 0 saturated carbocycles. The van der Waals surface area contributed by atoms with Gasteiger partial charge in [-0.15, -0.1) is 0 Å². The minimum atomic E-state index is -2.92. The predicted molar refractivity (Wildman–Crippen MR) is 75.2 cm³/mol. The minimum absolute atomic E-state index is 0.112. The van der Waals surface area contributed by atoms with E-state index in [0.717, 1.165) is 10.9 Å². The lowest BCUT2D eigenvalue weighted by molar-refractivity contribution is 0.602. The number of hydrogen-bond donors (Lipinski definition) is 1. The summed E-state index contributed by atoms with van der Waals surface area (Å²) in [4.78, 5) is 8.30. The number of para-hydroxylation sites is 1. The first-order valence-electron chi connectivity index (χ1n) is 5.93. The molecule has 1 aromatic carbocycles. The van der Waals surface area contributed by atoms with E-state index in [4.69, 9.17) is 11.6 Å². The van der Waals surface area contributed by atoms with Gasteiger partial charge in [0.25, 0.3) is 0 Å². The highest BCUT2D eigenvalue weighted by Crippen LogP contribution is 2.24. The van der Waals surface area contributed by atoms with Crippen LogP contribution in [0, 0.1) is 0 Å². The molecule has 1 unspecified atom stereocenters.